The highest BCUT2D eigenvalue weighted by Gasteiger charge is 2.56. The molecule has 7 heterocycles. The number of rotatable bonds is 10. The Kier molecular flexibility index (Phi) is 12.4. The van der Waals surface area contributed by atoms with Gasteiger partial charge in [0.1, 0.15) is 43.1 Å². The number of carbonyl (C=O) groups is 1. The van der Waals surface area contributed by atoms with E-state index in [1.807, 2.05) is 6.07 Å². The van der Waals surface area contributed by atoms with E-state index in [4.69, 9.17) is 43.2 Å². The molecule has 4 aromatic heterocycles. The summed E-state index contributed by atoms with van der Waals surface area (Å²) in [6.45, 7) is 8.06. The van der Waals surface area contributed by atoms with E-state index < -0.39 is 85.7 Å². The van der Waals surface area contributed by atoms with Gasteiger partial charge in [0, 0.05) is 5.56 Å². The summed E-state index contributed by atoms with van der Waals surface area (Å²) in [5.41, 5.74) is 2.16. The number of carbonyl (C=O) groups excluding carboxylic acids is 1. The van der Waals surface area contributed by atoms with E-state index in [2.05, 4.69) is 40.1 Å². The Hall–Kier alpha value is -4.77. The molecule has 3 aliphatic heterocycles. The summed E-state index contributed by atoms with van der Waals surface area (Å²) < 4.78 is 86.2. The lowest BCUT2D eigenvalue weighted by molar-refractivity contribution is -0.0628. The summed E-state index contributed by atoms with van der Waals surface area (Å²) in [7, 11) is -6.91. The molecule has 5 aromatic rings. The van der Waals surface area contributed by atoms with Crippen LogP contribution in [0.3, 0.4) is 0 Å². The van der Waals surface area contributed by atoms with Crippen LogP contribution in [0, 0.1) is 24.8 Å². The van der Waals surface area contributed by atoms with Gasteiger partial charge >= 0.3 is 8.60 Å². The average molecular weight is 853 g/mol. The number of hydrogen-bond acceptors (Lipinski definition) is 16. The molecule has 1 aromatic carbocycles. The van der Waals surface area contributed by atoms with Crippen molar-refractivity contribution in [3.63, 3.8) is 0 Å². The van der Waals surface area contributed by atoms with Gasteiger partial charge in [0.15, 0.2) is 60.1 Å². The summed E-state index contributed by atoms with van der Waals surface area (Å²) >= 11 is 0. The number of nitrogens with zero attached hydrogens (tertiary/aromatic N) is 10. The number of ether oxygens (including phenoxy) is 2. The van der Waals surface area contributed by atoms with Crippen LogP contribution in [-0.4, -0.2) is 122 Å². The lowest BCUT2D eigenvalue weighted by Gasteiger charge is -2.31. The van der Waals surface area contributed by atoms with Crippen LogP contribution in [-0.2, 0) is 36.6 Å². The molecular weight excluding hydrogens is 817 g/mol. The van der Waals surface area contributed by atoms with Crippen molar-refractivity contribution in [2.45, 2.75) is 62.6 Å². The van der Waals surface area contributed by atoms with Crippen LogP contribution in [0.1, 0.15) is 34.9 Å². The van der Waals surface area contributed by atoms with Crippen molar-refractivity contribution >= 4 is 58.0 Å². The van der Waals surface area contributed by atoms with Gasteiger partial charge in [-0.1, -0.05) is 18.2 Å². The molecule has 0 saturated carbocycles. The van der Waals surface area contributed by atoms with E-state index in [0.717, 1.165) is 0 Å². The molecule has 59 heavy (non-hydrogen) atoms. The summed E-state index contributed by atoms with van der Waals surface area (Å²) in [6.07, 6.45) is -6.10. The van der Waals surface area contributed by atoms with Crippen LogP contribution >= 0.6 is 16.4 Å². The van der Waals surface area contributed by atoms with Gasteiger partial charge in [-0.3, -0.25) is 13.9 Å². The SMILES string of the molecule is [BH3-][P+]1(OCC[N+]#[C-])OC[C@H]2O[C@@H](n3cnc4c(C)ncnc43)[C@H](F)[C@@H]2OP(OCCC#N)OC[C@H]2O[C@@H](n3cnc4c(NC(=O)c5ccccc5)ncnc43)[C@H](O1)[C@@H]2F. The number of fused-ring (bicyclic) bond motifs is 5. The quantitative estimate of drug-likeness (QED) is 0.0918. The minimum atomic E-state index is -3.37. The van der Waals surface area contributed by atoms with E-state index in [9.17, 15) is 10.1 Å². The molecule has 10 atom stereocenters. The third kappa shape index (κ3) is 8.50. The molecule has 1 amide bonds. The Bertz CT molecular complexity index is 2380. The molecule has 20 nitrogen and oxygen atoms in total. The number of aryl methyl sites for hydroxylation is 1. The van der Waals surface area contributed by atoms with Crippen molar-refractivity contribution in [1.29, 1.82) is 5.26 Å². The number of anilines is 1. The van der Waals surface area contributed by atoms with Crippen LogP contribution < -0.4 is 5.32 Å². The first-order valence-corrected chi connectivity index (χ1v) is 20.0. The lowest BCUT2D eigenvalue weighted by Crippen LogP contribution is -2.35. The number of benzene rings is 1. The molecule has 25 heteroatoms. The first-order chi connectivity index (χ1) is 28.7. The zero-order chi connectivity index (χ0) is 41.1. The van der Waals surface area contributed by atoms with Gasteiger partial charge in [0.2, 0.25) is 21.9 Å². The Morgan fingerprint density at radius 1 is 1.00 bits per heavy atom. The summed E-state index contributed by atoms with van der Waals surface area (Å²) in [4.78, 5) is 42.3. The second kappa shape index (κ2) is 17.8. The Morgan fingerprint density at radius 3 is 2.51 bits per heavy atom. The molecule has 3 saturated heterocycles. The molecule has 0 spiro atoms. The maximum absolute atomic E-state index is 16.8. The maximum Gasteiger partial charge on any atom is 0.333 e. The standard InChI is InChI=1S/C34H36BF2N11O9P2/c1-19-25-30(42-15-40-19)47(17-44-25)33-24(37)27-22(55-33)14-53-59(35,52-12-10-39-2)57-28-23(36)21(13-51-58(56-27)50-11-6-9-38)54-34(28)48-18-45-26-29(41-16-43-31(26)48)46-32(49)20-7-4-3-5-8-20/h3-5,7-8,15-18,21-24,27-28,33-34H,6,10-14H2,1,35H3,(H,41,43,46,49)/t21-,22-,23-,24-,27-,28-,33-,34-,58?,59?/m1/s1. The van der Waals surface area contributed by atoms with Crippen LogP contribution in [0.2, 0.25) is 0 Å². The van der Waals surface area contributed by atoms with Crippen LogP contribution in [0.5, 0.6) is 0 Å². The number of halogens is 2. The predicted molar refractivity (Wildman–Crippen MR) is 206 cm³/mol. The smallest absolute Gasteiger partial charge is 0.333 e. The number of alkyl halides is 2. The van der Waals surface area contributed by atoms with Crippen molar-refractivity contribution < 1.29 is 50.2 Å². The molecule has 2 bridgehead atoms. The van der Waals surface area contributed by atoms with Crippen molar-refractivity contribution in [3.05, 3.63) is 78.3 Å². The highest BCUT2D eigenvalue weighted by atomic mass is 31.2. The zero-order valence-electron chi connectivity index (χ0n) is 30.4. The monoisotopic (exact) mass is 853 g/mol. The number of hydrogen-bond donors (Lipinski definition) is 1. The molecule has 3 fully saturated rings. The zero-order valence-corrected chi connectivity index (χ0v) is 32.1. The summed E-state index contributed by atoms with van der Waals surface area (Å²) in [6, 6.07) is 10.5. The molecule has 308 valence electrons. The number of amides is 1. The van der Waals surface area contributed by atoms with Gasteiger partial charge in [-0.2, -0.15) is 5.26 Å². The van der Waals surface area contributed by atoms with E-state index >= 15 is 8.78 Å². The van der Waals surface area contributed by atoms with Crippen molar-refractivity contribution in [2.75, 3.05) is 38.3 Å². The van der Waals surface area contributed by atoms with Gasteiger partial charge in [0.05, 0.1) is 44.1 Å². The van der Waals surface area contributed by atoms with Gasteiger partial charge in [0.25, 0.3) is 5.91 Å². The molecule has 8 rings (SSSR count). The van der Waals surface area contributed by atoms with Gasteiger partial charge in [-0.25, -0.2) is 58.8 Å². The largest absolute Gasteiger partial charge is 0.346 e. The van der Waals surface area contributed by atoms with Gasteiger partial charge < -0.3 is 33.2 Å². The second-order valence-corrected chi connectivity index (χ2v) is 15.2. The van der Waals surface area contributed by atoms with Crippen LogP contribution in [0.4, 0.5) is 14.6 Å². The van der Waals surface area contributed by atoms with Crippen LogP contribution in [0.15, 0.2) is 55.6 Å². The average Bonchev–Trinajstić information content (AvgIpc) is 4.01. The highest BCUT2D eigenvalue weighted by Crippen LogP contribution is 2.62. The Morgan fingerprint density at radius 2 is 1.73 bits per heavy atom. The van der Waals surface area contributed by atoms with Crippen molar-refractivity contribution in [2.24, 2.45) is 0 Å². The normalized spacial score (nSPS) is 29.8. The first kappa shape index (κ1) is 41.0. The summed E-state index contributed by atoms with van der Waals surface area (Å²) in [5.74, 6) is -0.321. The second-order valence-electron chi connectivity index (χ2n) is 12.8. The third-order valence-electron chi connectivity index (χ3n) is 9.16. The minimum absolute atomic E-state index is 0.0269. The molecule has 0 aliphatic carbocycles. The number of nitriles is 1. The fourth-order valence-electron chi connectivity index (χ4n) is 6.39. The van der Waals surface area contributed by atoms with E-state index in [-0.39, 0.29) is 49.8 Å². The summed E-state index contributed by atoms with van der Waals surface area (Å²) in [5, 5.41) is 12.0. The van der Waals surface area contributed by atoms with E-state index in [1.54, 1.807) is 37.3 Å². The Balaban J connectivity index is 1.12. The number of nitrogens with one attached hydrogen (secondary N) is 1. The number of imidazole rings is 2. The van der Waals surface area contributed by atoms with Crippen molar-refractivity contribution in [3.8, 4) is 6.07 Å². The lowest BCUT2D eigenvalue weighted by atomic mass is 10.1. The Labute approximate surface area is 337 Å². The topological polar surface area (TPSA) is 218 Å². The molecule has 2 unspecified atom stereocenters. The number of aromatic nitrogens is 8. The minimum Gasteiger partial charge on any atom is -0.346 e. The fourth-order valence-corrected chi connectivity index (χ4v) is 8.66. The maximum atomic E-state index is 16.8. The van der Waals surface area contributed by atoms with Gasteiger partial charge in [-0.15, -0.1) is 0 Å². The van der Waals surface area contributed by atoms with Gasteiger partial charge in [-0.05, 0) is 19.1 Å². The predicted octanol–water partition coefficient (Wildman–Crippen LogP) is 3.65. The first-order valence-electron chi connectivity index (χ1n) is 17.8. The molecule has 1 N–H and O–H groups in total. The van der Waals surface area contributed by atoms with E-state index in [1.165, 1.54) is 34.4 Å². The fraction of sp³-hybridized carbons (Fsp3) is 0.441. The third-order valence-corrected chi connectivity index (χ3v) is 11.5. The van der Waals surface area contributed by atoms with E-state index in [0.29, 0.717) is 22.4 Å². The molecular formula is C34H36BF2N11O9P2. The van der Waals surface area contributed by atoms with Crippen molar-refractivity contribution in [1.82, 2.24) is 39.0 Å². The molecule has 0 radical (unpaired) electrons. The highest BCUT2D eigenvalue weighted by molar-refractivity contribution is 7.85. The molecule has 3 aliphatic rings. The van der Waals surface area contributed by atoms with Crippen LogP contribution in [0.25, 0.3) is 27.2 Å².